The fourth-order valence-corrected chi connectivity index (χ4v) is 2.23. The van der Waals surface area contributed by atoms with Crippen LogP contribution in [0.4, 0.5) is 0 Å². The molecule has 0 aliphatic rings. The zero-order valence-corrected chi connectivity index (χ0v) is 12.8. The van der Waals surface area contributed by atoms with Gasteiger partial charge in [-0.1, -0.05) is 24.3 Å². The summed E-state index contributed by atoms with van der Waals surface area (Å²) in [5.74, 6) is -2.22. The first-order valence-corrected chi connectivity index (χ1v) is 7.04. The first kappa shape index (κ1) is 17.0. The number of aromatic carboxylic acids is 2. The van der Waals surface area contributed by atoms with Gasteiger partial charge in [0.15, 0.2) is 0 Å². The lowest BCUT2D eigenvalue weighted by atomic mass is 10.0. The van der Waals surface area contributed by atoms with E-state index in [1.165, 1.54) is 25.1 Å². The standard InChI is InChI=1S/C9H7NO.C9H8O4/c11-9-8-4-2-1-3-7(8)5-6-10-9;1-5-6(8(10)11)3-2-4-7(5)9(12)13/h1-6H,(H,10,11);2-4H,1H3,(H,10,11)(H,12,13). The number of aromatic amines is 1. The second-order valence-corrected chi connectivity index (χ2v) is 4.98. The van der Waals surface area contributed by atoms with Crippen LogP contribution in [-0.4, -0.2) is 27.1 Å². The summed E-state index contributed by atoms with van der Waals surface area (Å²) in [4.78, 5) is 34.9. The maximum atomic E-state index is 11.1. The van der Waals surface area contributed by atoms with E-state index in [0.29, 0.717) is 0 Å². The molecular formula is C18H15NO5. The van der Waals surface area contributed by atoms with Crippen molar-refractivity contribution in [2.75, 3.05) is 0 Å². The molecule has 0 saturated carbocycles. The minimum Gasteiger partial charge on any atom is -0.478 e. The molecule has 0 radical (unpaired) electrons. The van der Waals surface area contributed by atoms with Crippen LogP contribution in [0.3, 0.4) is 0 Å². The number of fused-ring (bicyclic) bond motifs is 1. The van der Waals surface area contributed by atoms with Crippen molar-refractivity contribution in [3.05, 3.63) is 81.8 Å². The van der Waals surface area contributed by atoms with Crippen LogP contribution < -0.4 is 5.56 Å². The molecule has 0 amide bonds. The van der Waals surface area contributed by atoms with Gasteiger partial charge in [0, 0.05) is 11.6 Å². The van der Waals surface area contributed by atoms with Gasteiger partial charge in [0.05, 0.1) is 11.1 Å². The lowest BCUT2D eigenvalue weighted by Gasteiger charge is -2.03. The highest BCUT2D eigenvalue weighted by Crippen LogP contribution is 2.13. The highest BCUT2D eigenvalue weighted by molar-refractivity contribution is 5.96. The molecule has 0 spiro atoms. The molecule has 6 nitrogen and oxygen atoms in total. The number of nitrogens with one attached hydrogen (secondary N) is 1. The highest BCUT2D eigenvalue weighted by Gasteiger charge is 2.13. The number of hydrogen-bond acceptors (Lipinski definition) is 3. The number of aromatic nitrogens is 1. The maximum Gasteiger partial charge on any atom is 0.335 e. The molecule has 1 aromatic heterocycles. The van der Waals surface area contributed by atoms with Crippen molar-refractivity contribution >= 4 is 22.7 Å². The van der Waals surface area contributed by atoms with Crippen molar-refractivity contribution in [3.63, 3.8) is 0 Å². The van der Waals surface area contributed by atoms with Crippen LogP contribution >= 0.6 is 0 Å². The van der Waals surface area contributed by atoms with Gasteiger partial charge in [0.25, 0.3) is 5.56 Å². The Balaban J connectivity index is 0.000000175. The summed E-state index contributed by atoms with van der Waals surface area (Å²) in [6.07, 6.45) is 1.66. The van der Waals surface area contributed by atoms with Crippen LogP contribution in [0.15, 0.2) is 59.5 Å². The topological polar surface area (TPSA) is 107 Å². The van der Waals surface area contributed by atoms with E-state index in [1.54, 1.807) is 6.20 Å². The van der Waals surface area contributed by atoms with Crippen LogP contribution in [0.5, 0.6) is 0 Å². The molecule has 0 aliphatic heterocycles. The van der Waals surface area contributed by atoms with Crippen LogP contribution in [0.25, 0.3) is 10.8 Å². The van der Waals surface area contributed by atoms with Crippen LogP contribution in [-0.2, 0) is 0 Å². The third kappa shape index (κ3) is 3.67. The van der Waals surface area contributed by atoms with E-state index in [0.717, 1.165) is 10.8 Å². The highest BCUT2D eigenvalue weighted by atomic mass is 16.4. The largest absolute Gasteiger partial charge is 0.478 e. The van der Waals surface area contributed by atoms with Gasteiger partial charge < -0.3 is 15.2 Å². The van der Waals surface area contributed by atoms with Crippen molar-refractivity contribution < 1.29 is 19.8 Å². The Kier molecular flexibility index (Phi) is 5.11. The fourth-order valence-electron chi connectivity index (χ4n) is 2.23. The number of carboxylic acid groups (broad SMARTS) is 2. The lowest BCUT2D eigenvalue weighted by molar-refractivity contribution is 0.0696. The summed E-state index contributed by atoms with van der Waals surface area (Å²) in [5.41, 5.74) is 0.311. The van der Waals surface area contributed by atoms with E-state index in [-0.39, 0.29) is 22.2 Å². The number of carbonyl (C=O) groups is 2. The van der Waals surface area contributed by atoms with E-state index in [9.17, 15) is 14.4 Å². The van der Waals surface area contributed by atoms with E-state index >= 15 is 0 Å². The number of rotatable bonds is 2. The Morgan fingerprint density at radius 1 is 0.875 bits per heavy atom. The molecule has 0 bridgehead atoms. The molecule has 0 atom stereocenters. The third-order valence-corrected chi connectivity index (χ3v) is 3.48. The Morgan fingerprint density at radius 2 is 1.46 bits per heavy atom. The van der Waals surface area contributed by atoms with Crippen LogP contribution in [0, 0.1) is 6.92 Å². The summed E-state index contributed by atoms with van der Waals surface area (Å²) in [6, 6.07) is 13.6. The zero-order valence-electron chi connectivity index (χ0n) is 12.8. The molecule has 3 N–H and O–H groups in total. The molecule has 24 heavy (non-hydrogen) atoms. The monoisotopic (exact) mass is 325 g/mol. The summed E-state index contributed by atoms with van der Waals surface area (Å²) in [5, 5.41) is 19.1. The number of pyridine rings is 1. The van der Waals surface area contributed by atoms with Crippen molar-refractivity contribution in [2.24, 2.45) is 0 Å². The van der Waals surface area contributed by atoms with Gasteiger partial charge in [-0.3, -0.25) is 4.79 Å². The molecule has 0 aliphatic carbocycles. The maximum absolute atomic E-state index is 11.1. The van der Waals surface area contributed by atoms with E-state index < -0.39 is 11.9 Å². The average Bonchev–Trinajstić information content (AvgIpc) is 2.55. The van der Waals surface area contributed by atoms with Crippen molar-refractivity contribution in [1.29, 1.82) is 0 Å². The Labute approximate surface area is 137 Å². The molecule has 3 aromatic rings. The number of benzene rings is 2. The van der Waals surface area contributed by atoms with Gasteiger partial charge in [0.1, 0.15) is 0 Å². The average molecular weight is 325 g/mol. The van der Waals surface area contributed by atoms with Gasteiger partial charge in [-0.25, -0.2) is 9.59 Å². The van der Waals surface area contributed by atoms with Gasteiger partial charge in [-0.05, 0) is 42.1 Å². The molecule has 2 aromatic carbocycles. The summed E-state index contributed by atoms with van der Waals surface area (Å²) >= 11 is 0. The molecule has 0 fully saturated rings. The molecule has 1 heterocycles. The molecular weight excluding hydrogens is 310 g/mol. The number of H-pyrrole nitrogens is 1. The van der Waals surface area contributed by atoms with E-state index in [4.69, 9.17) is 10.2 Å². The molecule has 122 valence electrons. The second kappa shape index (κ2) is 7.23. The van der Waals surface area contributed by atoms with E-state index in [2.05, 4.69) is 4.98 Å². The quantitative estimate of drug-likeness (QED) is 0.671. The fraction of sp³-hybridized carbons (Fsp3) is 0.0556. The molecule has 0 saturated heterocycles. The summed E-state index contributed by atoms with van der Waals surface area (Å²) in [7, 11) is 0. The van der Waals surface area contributed by atoms with Gasteiger partial charge >= 0.3 is 11.9 Å². The Hall–Kier alpha value is -3.41. The van der Waals surface area contributed by atoms with Crippen LogP contribution in [0.2, 0.25) is 0 Å². The number of hydrogen-bond donors (Lipinski definition) is 3. The Morgan fingerprint density at radius 3 is 2.00 bits per heavy atom. The van der Waals surface area contributed by atoms with Gasteiger partial charge in [-0.15, -0.1) is 0 Å². The van der Waals surface area contributed by atoms with Crippen LogP contribution in [0.1, 0.15) is 26.3 Å². The van der Waals surface area contributed by atoms with Crippen molar-refractivity contribution in [1.82, 2.24) is 4.98 Å². The first-order valence-electron chi connectivity index (χ1n) is 7.04. The predicted octanol–water partition coefficient (Wildman–Crippen LogP) is 2.92. The molecule has 6 heteroatoms. The SMILES string of the molecule is Cc1c(C(=O)O)cccc1C(=O)O.O=c1[nH]ccc2ccccc12. The molecule has 0 unspecified atom stereocenters. The lowest BCUT2D eigenvalue weighted by Crippen LogP contribution is -2.06. The van der Waals surface area contributed by atoms with Gasteiger partial charge in [0.2, 0.25) is 0 Å². The van der Waals surface area contributed by atoms with E-state index in [1.807, 2.05) is 30.3 Å². The molecule has 3 rings (SSSR count). The zero-order chi connectivity index (χ0) is 17.7. The minimum absolute atomic E-state index is 0.0249. The summed E-state index contributed by atoms with van der Waals surface area (Å²) in [6.45, 7) is 1.48. The predicted molar refractivity (Wildman–Crippen MR) is 89.7 cm³/mol. The third-order valence-electron chi connectivity index (χ3n) is 3.48. The summed E-state index contributed by atoms with van der Waals surface area (Å²) < 4.78 is 0. The first-order chi connectivity index (χ1) is 11.4. The van der Waals surface area contributed by atoms with Gasteiger partial charge in [-0.2, -0.15) is 0 Å². The van der Waals surface area contributed by atoms with Crippen molar-refractivity contribution in [3.8, 4) is 0 Å². The number of carboxylic acids is 2. The minimum atomic E-state index is -1.11. The smallest absolute Gasteiger partial charge is 0.335 e. The normalized spacial score (nSPS) is 9.88. The van der Waals surface area contributed by atoms with Crippen molar-refractivity contribution in [2.45, 2.75) is 6.92 Å². The Bertz CT molecular complexity index is 921. The second-order valence-electron chi connectivity index (χ2n) is 4.98.